The molecule has 1 N–H and O–H groups in total. The molecule has 4 heteroatoms. The Balaban J connectivity index is 1.32. The third kappa shape index (κ3) is 3.58. The fourth-order valence-corrected chi connectivity index (χ4v) is 7.30. The average Bonchev–Trinajstić information content (AvgIpc) is 3.51. The van der Waals surface area contributed by atoms with E-state index in [9.17, 15) is 0 Å². The zero-order chi connectivity index (χ0) is 29.4. The van der Waals surface area contributed by atoms with E-state index in [0.717, 1.165) is 28.2 Å². The molecule has 9 rings (SSSR count). The van der Waals surface area contributed by atoms with Crippen LogP contribution in [0.5, 0.6) is 0 Å². The predicted octanol–water partition coefficient (Wildman–Crippen LogP) is 9.26. The smallest absolute Gasteiger partial charge is 0.148 e. The maximum Gasteiger partial charge on any atom is 0.148 e. The normalized spacial score (nSPS) is 17.0. The Morgan fingerprint density at radius 2 is 1.36 bits per heavy atom. The Bertz CT molecular complexity index is 2320. The Morgan fingerprint density at radius 1 is 0.636 bits per heavy atom. The molecule has 1 aliphatic heterocycles. The molecule has 0 saturated heterocycles. The number of aromatic nitrogens is 2. The van der Waals surface area contributed by atoms with Crippen LogP contribution >= 0.6 is 0 Å². The van der Waals surface area contributed by atoms with Crippen LogP contribution in [0.15, 0.2) is 144 Å². The minimum absolute atomic E-state index is 0.217. The zero-order valence-corrected chi connectivity index (χ0v) is 24.6. The number of hydrogen-bond donors (Lipinski definition) is 1. The number of allylic oxidation sites excluding steroid dienone is 1. The van der Waals surface area contributed by atoms with Crippen LogP contribution in [0.4, 0.5) is 0 Å². The first-order valence-corrected chi connectivity index (χ1v) is 15.2. The first-order valence-electron chi connectivity index (χ1n) is 15.2. The van der Waals surface area contributed by atoms with E-state index in [1.54, 1.807) is 0 Å². The molecule has 2 aromatic heterocycles. The molecule has 5 aromatic carbocycles. The fourth-order valence-electron chi connectivity index (χ4n) is 7.30. The Morgan fingerprint density at radius 3 is 2.18 bits per heavy atom. The van der Waals surface area contributed by atoms with Crippen molar-refractivity contribution in [1.29, 1.82) is 0 Å². The molecule has 210 valence electrons. The van der Waals surface area contributed by atoms with Gasteiger partial charge in [0.1, 0.15) is 6.17 Å². The topological polar surface area (TPSA) is 42.2 Å². The lowest BCUT2D eigenvalue weighted by atomic mass is 9.84. The molecule has 0 amide bonds. The molecule has 3 heterocycles. The van der Waals surface area contributed by atoms with Crippen LogP contribution in [0.25, 0.3) is 49.4 Å². The highest BCUT2D eigenvalue weighted by Gasteiger charge is 2.43. The molecule has 0 bridgehead atoms. The molecule has 0 fully saturated rings. The van der Waals surface area contributed by atoms with Crippen molar-refractivity contribution in [2.24, 2.45) is 4.99 Å². The van der Waals surface area contributed by atoms with E-state index in [0.29, 0.717) is 0 Å². The van der Waals surface area contributed by atoms with Gasteiger partial charge in [-0.05, 0) is 63.9 Å². The van der Waals surface area contributed by atoms with E-state index in [2.05, 4.69) is 150 Å². The summed E-state index contributed by atoms with van der Waals surface area (Å²) in [6.07, 6.45) is 3.49. The van der Waals surface area contributed by atoms with Crippen LogP contribution in [-0.4, -0.2) is 15.3 Å². The summed E-state index contributed by atoms with van der Waals surface area (Å²) in [7, 11) is 0. The summed E-state index contributed by atoms with van der Waals surface area (Å²) in [6, 6.07) is 43.7. The number of pyridine rings is 1. The number of hydrogen-bond acceptors (Lipinski definition) is 3. The van der Waals surface area contributed by atoms with Crippen molar-refractivity contribution in [1.82, 2.24) is 14.9 Å². The van der Waals surface area contributed by atoms with Gasteiger partial charge in [0.2, 0.25) is 0 Å². The highest BCUT2D eigenvalue weighted by atomic mass is 15.2. The van der Waals surface area contributed by atoms with Crippen molar-refractivity contribution in [3.8, 4) is 11.1 Å². The standard InChI is InChI=1S/C40H30N4/c1-40(2)33-17-16-29(25-18-20-41-21-19-25)23-32(33)37-38(40)42-36(26-10-4-3-5-11-26)39(43-37)44-34-15-9-8-14-30(34)31-22-27-12-6-7-13-28(27)24-35(31)44/h3-24,39,43H,1-2H3. The highest BCUT2D eigenvalue weighted by Crippen LogP contribution is 2.50. The molecule has 0 radical (unpaired) electrons. The van der Waals surface area contributed by atoms with E-state index in [1.807, 2.05) is 12.4 Å². The quantitative estimate of drug-likeness (QED) is 0.232. The summed E-state index contributed by atoms with van der Waals surface area (Å²) in [5.41, 5.74) is 11.3. The molecule has 0 saturated carbocycles. The number of para-hydroxylation sites is 1. The van der Waals surface area contributed by atoms with Crippen LogP contribution in [0.3, 0.4) is 0 Å². The lowest BCUT2D eigenvalue weighted by Gasteiger charge is -2.32. The van der Waals surface area contributed by atoms with Crippen LogP contribution in [0.2, 0.25) is 0 Å². The van der Waals surface area contributed by atoms with E-state index < -0.39 is 0 Å². The van der Waals surface area contributed by atoms with Gasteiger partial charge in [0, 0.05) is 39.7 Å². The molecule has 2 aliphatic rings. The number of aliphatic imine (C=N–C) groups is 1. The molecule has 1 atom stereocenters. The summed E-state index contributed by atoms with van der Waals surface area (Å²) in [6.45, 7) is 4.59. The second-order valence-corrected chi connectivity index (χ2v) is 12.4. The van der Waals surface area contributed by atoms with E-state index in [1.165, 1.54) is 49.3 Å². The van der Waals surface area contributed by atoms with Crippen molar-refractivity contribution in [3.63, 3.8) is 0 Å². The molecule has 1 unspecified atom stereocenters. The van der Waals surface area contributed by atoms with Gasteiger partial charge in [-0.1, -0.05) is 98.8 Å². The minimum atomic E-state index is -0.254. The maximum atomic E-state index is 5.60. The minimum Gasteiger partial charge on any atom is -0.358 e. The van der Waals surface area contributed by atoms with Crippen LogP contribution in [0.1, 0.15) is 36.7 Å². The molecule has 7 aromatic rings. The van der Waals surface area contributed by atoms with Gasteiger partial charge in [-0.15, -0.1) is 0 Å². The van der Waals surface area contributed by atoms with E-state index in [-0.39, 0.29) is 11.6 Å². The maximum absolute atomic E-state index is 5.60. The molecule has 0 spiro atoms. The van der Waals surface area contributed by atoms with E-state index >= 15 is 0 Å². The number of benzene rings is 5. The van der Waals surface area contributed by atoms with Crippen molar-refractivity contribution in [2.75, 3.05) is 0 Å². The van der Waals surface area contributed by atoms with Gasteiger partial charge in [-0.3, -0.25) is 4.98 Å². The molecular formula is C40H30N4. The number of rotatable bonds is 3. The van der Waals surface area contributed by atoms with Crippen LogP contribution in [0, 0.1) is 0 Å². The van der Waals surface area contributed by atoms with Crippen LogP contribution in [-0.2, 0) is 5.41 Å². The Labute approximate surface area is 256 Å². The molecular weight excluding hydrogens is 536 g/mol. The number of nitrogens with zero attached hydrogens (tertiary/aromatic N) is 3. The largest absolute Gasteiger partial charge is 0.358 e. The lowest BCUT2D eigenvalue weighted by molar-refractivity contribution is 0.588. The van der Waals surface area contributed by atoms with Gasteiger partial charge >= 0.3 is 0 Å². The first kappa shape index (κ1) is 25.1. The second-order valence-electron chi connectivity index (χ2n) is 12.4. The predicted molar refractivity (Wildman–Crippen MR) is 182 cm³/mol. The van der Waals surface area contributed by atoms with Gasteiger partial charge < -0.3 is 9.88 Å². The monoisotopic (exact) mass is 566 g/mol. The summed E-state index contributed by atoms with van der Waals surface area (Å²) in [4.78, 5) is 9.83. The van der Waals surface area contributed by atoms with Gasteiger partial charge in [0.15, 0.2) is 0 Å². The van der Waals surface area contributed by atoms with Crippen molar-refractivity contribution in [2.45, 2.75) is 25.4 Å². The SMILES string of the molecule is CC1(C)C2=C(NC(n3c4ccccc4c4cc5ccccc5cc43)C(c3ccccc3)=N2)c2cc(-c3ccncc3)ccc21. The van der Waals surface area contributed by atoms with Gasteiger partial charge in [-0.25, -0.2) is 4.99 Å². The third-order valence-corrected chi connectivity index (χ3v) is 9.48. The van der Waals surface area contributed by atoms with Gasteiger partial charge in [0.05, 0.1) is 28.1 Å². The van der Waals surface area contributed by atoms with Crippen molar-refractivity contribution >= 4 is 44.0 Å². The van der Waals surface area contributed by atoms with E-state index in [4.69, 9.17) is 4.99 Å². The summed E-state index contributed by atoms with van der Waals surface area (Å²) in [5.74, 6) is 0. The lowest BCUT2D eigenvalue weighted by Crippen LogP contribution is -2.37. The van der Waals surface area contributed by atoms with Crippen LogP contribution < -0.4 is 5.32 Å². The summed E-state index contributed by atoms with van der Waals surface area (Å²) < 4.78 is 2.46. The zero-order valence-electron chi connectivity index (χ0n) is 24.6. The Hall–Kier alpha value is -5.48. The molecule has 1 aliphatic carbocycles. The first-order chi connectivity index (χ1) is 21.6. The summed E-state index contributed by atoms with van der Waals surface area (Å²) >= 11 is 0. The molecule has 4 nitrogen and oxygen atoms in total. The second kappa shape index (κ2) is 9.26. The summed E-state index contributed by atoms with van der Waals surface area (Å²) in [5, 5.41) is 9.06. The third-order valence-electron chi connectivity index (χ3n) is 9.48. The van der Waals surface area contributed by atoms with Crippen molar-refractivity contribution < 1.29 is 0 Å². The average molecular weight is 567 g/mol. The van der Waals surface area contributed by atoms with Gasteiger partial charge in [-0.2, -0.15) is 0 Å². The molecule has 44 heavy (non-hydrogen) atoms. The fraction of sp³-hybridized carbons (Fsp3) is 0.100. The number of nitrogens with one attached hydrogen (secondary N) is 1. The Kier molecular flexibility index (Phi) is 5.27. The highest BCUT2D eigenvalue weighted by molar-refractivity contribution is 6.15. The number of fused-ring (bicyclic) bond motifs is 6. The van der Waals surface area contributed by atoms with Crippen molar-refractivity contribution in [3.05, 3.63) is 156 Å². The van der Waals surface area contributed by atoms with Gasteiger partial charge in [0.25, 0.3) is 0 Å².